The number of hydrogen-bond acceptors (Lipinski definition) is 2. The predicted octanol–water partition coefficient (Wildman–Crippen LogP) is 4.60. The first-order valence-corrected chi connectivity index (χ1v) is 6.96. The van der Waals surface area contributed by atoms with Gasteiger partial charge in [-0.1, -0.05) is 18.2 Å². The van der Waals surface area contributed by atoms with Crippen molar-refractivity contribution in [1.82, 2.24) is 0 Å². The summed E-state index contributed by atoms with van der Waals surface area (Å²) in [6.45, 7) is 0. The van der Waals surface area contributed by atoms with Crippen LogP contribution >= 0.6 is 11.3 Å². The van der Waals surface area contributed by atoms with E-state index in [9.17, 15) is 13.6 Å². The molecule has 0 atom stereocenters. The number of halogens is 2. The number of carbonyl (C=O) groups is 1. The Kier molecular flexibility index (Phi) is 3.32. The molecule has 0 unspecified atom stereocenters. The second kappa shape index (κ2) is 5.13. The Labute approximate surface area is 118 Å². The third kappa shape index (κ3) is 2.47. The molecule has 0 aliphatic carbocycles. The number of benzene rings is 2. The highest BCUT2D eigenvalue weighted by Crippen LogP contribution is 2.26. The quantitative estimate of drug-likeness (QED) is 0.643. The lowest BCUT2D eigenvalue weighted by Gasteiger charge is -2.02. The minimum atomic E-state index is -0.733. The van der Waals surface area contributed by atoms with E-state index in [0.717, 1.165) is 33.8 Å². The van der Waals surface area contributed by atoms with E-state index in [-0.39, 0.29) is 17.8 Å². The lowest BCUT2D eigenvalue weighted by molar-refractivity contribution is 0.0992. The van der Waals surface area contributed by atoms with Crippen LogP contribution in [0.15, 0.2) is 47.8 Å². The van der Waals surface area contributed by atoms with Crippen molar-refractivity contribution in [1.29, 1.82) is 0 Å². The number of ketones is 1. The van der Waals surface area contributed by atoms with Crippen LogP contribution in [0.25, 0.3) is 10.1 Å². The molecule has 1 heterocycles. The molecule has 0 fully saturated rings. The Morgan fingerprint density at radius 2 is 1.75 bits per heavy atom. The number of thiophene rings is 1. The monoisotopic (exact) mass is 288 g/mol. The van der Waals surface area contributed by atoms with E-state index in [1.54, 1.807) is 11.3 Å². The third-order valence-corrected chi connectivity index (χ3v) is 4.11. The highest BCUT2D eigenvalue weighted by molar-refractivity contribution is 7.17. The molecule has 4 heteroatoms. The van der Waals surface area contributed by atoms with Crippen LogP contribution in [0.5, 0.6) is 0 Å². The predicted molar refractivity (Wildman–Crippen MR) is 76.2 cm³/mol. The van der Waals surface area contributed by atoms with Gasteiger partial charge in [0.05, 0.1) is 0 Å². The minimum absolute atomic E-state index is 0.0674. The van der Waals surface area contributed by atoms with E-state index in [1.807, 2.05) is 29.6 Å². The van der Waals surface area contributed by atoms with Crippen molar-refractivity contribution in [3.63, 3.8) is 0 Å². The molecule has 1 nitrogen and oxygen atoms in total. The lowest BCUT2D eigenvalue weighted by Crippen LogP contribution is -2.04. The molecular weight excluding hydrogens is 278 g/mol. The third-order valence-electron chi connectivity index (χ3n) is 3.10. The van der Waals surface area contributed by atoms with Crippen LogP contribution in [0.2, 0.25) is 0 Å². The molecular formula is C16H10F2OS. The number of Topliss-reactive ketones (excluding diaryl/α,β-unsaturated/α-hetero) is 1. The summed E-state index contributed by atoms with van der Waals surface area (Å²) in [5.41, 5.74) is 0.957. The smallest absolute Gasteiger partial charge is 0.167 e. The Hall–Kier alpha value is -2.07. The van der Waals surface area contributed by atoms with Gasteiger partial charge in [0.2, 0.25) is 0 Å². The van der Waals surface area contributed by atoms with Gasteiger partial charge in [-0.15, -0.1) is 11.3 Å². The number of fused-ring (bicyclic) bond motifs is 1. The van der Waals surface area contributed by atoms with Crippen LogP contribution in [-0.2, 0) is 6.42 Å². The molecule has 3 aromatic rings. The fourth-order valence-corrected chi connectivity index (χ4v) is 3.12. The van der Waals surface area contributed by atoms with E-state index >= 15 is 0 Å². The van der Waals surface area contributed by atoms with Crippen LogP contribution in [-0.4, -0.2) is 5.78 Å². The zero-order chi connectivity index (χ0) is 14.1. The molecule has 1 aromatic heterocycles. The Morgan fingerprint density at radius 3 is 2.50 bits per heavy atom. The highest BCUT2D eigenvalue weighted by Gasteiger charge is 2.12. The molecule has 0 bridgehead atoms. The van der Waals surface area contributed by atoms with Crippen molar-refractivity contribution < 1.29 is 13.6 Å². The molecule has 0 aliphatic heterocycles. The molecule has 0 radical (unpaired) electrons. The van der Waals surface area contributed by atoms with Crippen LogP contribution in [0.3, 0.4) is 0 Å². The van der Waals surface area contributed by atoms with Crippen LogP contribution < -0.4 is 0 Å². The van der Waals surface area contributed by atoms with Crippen LogP contribution in [0.1, 0.15) is 15.9 Å². The molecule has 20 heavy (non-hydrogen) atoms. The van der Waals surface area contributed by atoms with Gasteiger partial charge in [-0.05, 0) is 34.5 Å². The second-order valence-electron chi connectivity index (χ2n) is 4.52. The molecule has 0 amide bonds. The fraction of sp³-hybridized carbons (Fsp3) is 0.0625. The maximum absolute atomic E-state index is 13.1. The largest absolute Gasteiger partial charge is 0.294 e. The molecule has 2 aromatic carbocycles. The topological polar surface area (TPSA) is 17.1 Å². The summed E-state index contributed by atoms with van der Waals surface area (Å²) in [6, 6.07) is 10.7. The van der Waals surface area contributed by atoms with Gasteiger partial charge in [0, 0.05) is 22.8 Å². The van der Waals surface area contributed by atoms with Crippen molar-refractivity contribution in [3.8, 4) is 0 Å². The first kappa shape index (κ1) is 12.9. The summed E-state index contributed by atoms with van der Waals surface area (Å²) in [5, 5.41) is 2.93. The van der Waals surface area contributed by atoms with Crippen LogP contribution in [0, 0.1) is 11.6 Å². The normalized spacial score (nSPS) is 10.9. The zero-order valence-electron chi connectivity index (χ0n) is 10.4. The van der Waals surface area contributed by atoms with Gasteiger partial charge in [0.25, 0.3) is 0 Å². The highest BCUT2D eigenvalue weighted by atomic mass is 32.1. The van der Waals surface area contributed by atoms with Gasteiger partial charge in [0.1, 0.15) is 11.6 Å². The molecule has 0 saturated carbocycles. The zero-order valence-corrected chi connectivity index (χ0v) is 11.2. The Bertz CT molecular complexity index is 772. The lowest BCUT2D eigenvalue weighted by atomic mass is 10.0. The van der Waals surface area contributed by atoms with Gasteiger partial charge < -0.3 is 0 Å². The van der Waals surface area contributed by atoms with Gasteiger partial charge in [-0.25, -0.2) is 8.78 Å². The van der Waals surface area contributed by atoms with Crippen molar-refractivity contribution in [3.05, 3.63) is 70.6 Å². The minimum Gasteiger partial charge on any atom is -0.294 e. The fourth-order valence-electron chi connectivity index (χ4n) is 2.16. The van der Waals surface area contributed by atoms with Crippen molar-refractivity contribution in [2.75, 3.05) is 0 Å². The molecule has 100 valence electrons. The number of carbonyl (C=O) groups excluding carboxylic acids is 1. The number of rotatable bonds is 3. The van der Waals surface area contributed by atoms with E-state index in [0.29, 0.717) is 0 Å². The summed E-state index contributed by atoms with van der Waals surface area (Å²) >= 11 is 1.56. The maximum Gasteiger partial charge on any atom is 0.167 e. The maximum atomic E-state index is 13.1. The summed E-state index contributed by atoms with van der Waals surface area (Å²) in [6.07, 6.45) is 0.146. The summed E-state index contributed by atoms with van der Waals surface area (Å²) in [5.74, 6) is -1.75. The van der Waals surface area contributed by atoms with Gasteiger partial charge in [-0.3, -0.25) is 4.79 Å². The van der Waals surface area contributed by atoms with Crippen molar-refractivity contribution in [2.45, 2.75) is 6.42 Å². The summed E-state index contributed by atoms with van der Waals surface area (Å²) in [7, 11) is 0. The number of hydrogen-bond donors (Lipinski definition) is 0. The SMILES string of the molecule is O=C(Cc1csc2ccccc12)c1cc(F)cc(F)c1. The Morgan fingerprint density at radius 1 is 1.05 bits per heavy atom. The van der Waals surface area contributed by atoms with Crippen molar-refractivity contribution in [2.24, 2.45) is 0 Å². The second-order valence-corrected chi connectivity index (χ2v) is 5.43. The van der Waals surface area contributed by atoms with Gasteiger partial charge in [0.15, 0.2) is 5.78 Å². The summed E-state index contributed by atoms with van der Waals surface area (Å²) < 4.78 is 27.4. The molecule has 3 rings (SSSR count). The molecule has 0 aliphatic rings. The van der Waals surface area contributed by atoms with Gasteiger partial charge in [-0.2, -0.15) is 0 Å². The average molecular weight is 288 g/mol. The van der Waals surface area contributed by atoms with E-state index in [1.165, 1.54) is 0 Å². The van der Waals surface area contributed by atoms with E-state index in [2.05, 4.69) is 0 Å². The summed E-state index contributed by atoms with van der Waals surface area (Å²) in [4.78, 5) is 12.1. The van der Waals surface area contributed by atoms with Gasteiger partial charge >= 0.3 is 0 Å². The average Bonchev–Trinajstić information content (AvgIpc) is 2.81. The first-order chi connectivity index (χ1) is 9.63. The molecule has 0 saturated heterocycles. The standard InChI is InChI=1S/C16H10F2OS/c17-12-5-10(6-13(18)8-12)15(19)7-11-9-20-16-4-2-1-3-14(11)16/h1-6,8-9H,7H2. The molecule has 0 spiro atoms. The molecule has 0 N–H and O–H groups in total. The van der Waals surface area contributed by atoms with E-state index < -0.39 is 11.6 Å². The Balaban J connectivity index is 1.92. The first-order valence-electron chi connectivity index (χ1n) is 6.08. The van der Waals surface area contributed by atoms with Crippen LogP contribution in [0.4, 0.5) is 8.78 Å². The van der Waals surface area contributed by atoms with Crippen molar-refractivity contribution >= 4 is 27.2 Å². The van der Waals surface area contributed by atoms with E-state index in [4.69, 9.17) is 0 Å².